The number of carboxylic acids is 1. The number of rotatable bonds is 2. The molecule has 19 heavy (non-hydrogen) atoms. The van der Waals surface area contributed by atoms with Gasteiger partial charge in [0.05, 0.1) is 5.41 Å². The lowest BCUT2D eigenvalue weighted by molar-refractivity contribution is -0.143. The molecule has 1 aliphatic carbocycles. The molecule has 0 bridgehead atoms. The second-order valence-corrected chi connectivity index (χ2v) is 5.48. The Morgan fingerprint density at radius 3 is 2.63 bits per heavy atom. The molecule has 1 fully saturated rings. The second kappa shape index (κ2) is 4.34. The number of aryl methyl sites for hydroxylation is 1. The molecule has 2 aromatic rings. The van der Waals surface area contributed by atoms with Gasteiger partial charge in [-0.2, -0.15) is 0 Å². The summed E-state index contributed by atoms with van der Waals surface area (Å²) in [5.74, 6) is -0.690. The van der Waals surface area contributed by atoms with E-state index < -0.39 is 11.4 Å². The smallest absolute Gasteiger partial charge is 0.314 e. The third-order valence-corrected chi connectivity index (χ3v) is 4.28. The van der Waals surface area contributed by atoms with Crippen molar-refractivity contribution >= 4 is 16.7 Å². The van der Waals surface area contributed by atoms with E-state index in [2.05, 4.69) is 4.98 Å². The highest BCUT2D eigenvalue weighted by Gasteiger charge is 2.42. The summed E-state index contributed by atoms with van der Waals surface area (Å²) in [6, 6.07) is 8.02. The van der Waals surface area contributed by atoms with Crippen LogP contribution < -0.4 is 0 Å². The van der Waals surface area contributed by atoms with Crippen LogP contribution in [0.5, 0.6) is 0 Å². The SMILES string of the molecule is Cc1cc2ccc(C3(C(=O)O)CCCC3)cc2cn1. The van der Waals surface area contributed by atoms with Crippen LogP contribution in [0, 0.1) is 6.92 Å². The van der Waals surface area contributed by atoms with Crippen molar-refractivity contribution in [3.05, 3.63) is 41.7 Å². The number of pyridine rings is 1. The Bertz CT molecular complexity index is 642. The minimum Gasteiger partial charge on any atom is -0.481 e. The average Bonchev–Trinajstić information content (AvgIpc) is 2.88. The predicted octanol–water partition coefficient (Wildman–Crippen LogP) is 3.44. The van der Waals surface area contributed by atoms with Gasteiger partial charge in [0.1, 0.15) is 0 Å². The Balaban J connectivity index is 2.14. The van der Waals surface area contributed by atoms with Gasteiger partial charge in [0.2, 0.25) is 0 Å². The van der Waals surface area contributed by atoms with Crippen LogP contribution in [0.1, 0.15) is 36.9 Å². The molecule has 1 heterocycles. The van der Waals surface area contributed by atoms with Gasteiger partial charge in [0, 0.05) is 17.3 Å². The van der Waals surface area contributed by atoms with Gasteiger partial charge >= 0.3 is 5.97 Å². The molecule has 0 saturated heterocycles. The molecule has 0 amide bonds. The highest BCUT2D eigenvalue weighted by Crippen LogP contribution is 2.42. The highest BCUT2D eigenvalue weighted by molar-refractivity contribution is 5.87. The third kappa shape index (κ3) is 1.89. The van der Waals surface area contributed by atoms with E-state index in [1.165, 1.54) is 0 Å². The quantitative estimate of drug-likeness (QED) is 0.894. The number of hydrogen-bond acceptors (Lipinski definition) is 2. The van der Waals surface area contributed by atoms with E-state index in [0.29, 0.717) is 0 Å². The van der Waals surface area contributed by atoms with Crippen LogP contribution in [-0.2, 0) is 10.2 Å². The van der Waals surface area contributed by atoms with E-state index in [9.17, 15) is 9.90 Å². The molecule has 3 nitrogen and oxygen atoms in total. The Labute approximate surface area is 112 Å². The van der Waals surface area contributed by atoms with Gasteiger partial charge in [-0.25, -0.2) is 0 Å². The van der Waals surface area contributed by atoms with Crippen LogP contribution in [0.2, 0.25) is 0 Å². The first-order chi connectivity index (χ1) is 9.12. The molecular formula is C16H17NO2. The average molecular weight is 255 g/mol. The molecule has 0 spiro atoms. The molecule has 0 atom stereocenters. The van der Waals surface area contributed by atoms with E-state index in [0.717, 1.165) is 47.7 Å². The Morgan fingerprint density at radius 1 is 1.21 bits per heavy atom. The number of carbonyl (C=O) groups is 1. The number of aliphatic carboxylic acids is 1. The van der Waals surface area contributed by atoms with Crippen LogP contribution in [0.15, 0.2) is 30.5 Å². The van der Waals surface area contributed by atoms with Gasteiger partial charge in [0.15, 0.2) is 0 Å². The molecule has 0 radical (unpaired) electrons. The second-order valence-electron chi connectivity index (χ2n) is 5.48. The first kappa shape index (κ1) is 12.2. The maximum absolute atomic E-state index is 11.7. The Morgan fingerprint density at radius 2 is 1.95 bits per heavy atom. The number of benzene rings is 1. The largest absolute Gasteiger partial charge is 0.481 e. The van der Waals surface area contributed by atoms with Crippen molar-refractivity contribution < 1.29 is 9.90 Å². The lowest BCUT2D eigenvalue weighted by atomic mass is 9.78. The maximum Gasteiger partial charge on any atom is 0.314 e. The van der Waals surface area contributed by atoms with E-state index >= 15 is 0 Å². The lowest BCUT2D eigenvalue weighted by Gasteiger charge is -2.24. The molecule has 1 aromatic carbocycles. The Kier molecular flexibility index (Phi) is 2.77. The van der Waals surface area contributed by atoms with Crippen molar-refractivity contribution in [3.8, 4) is 0 Å². The fraction of sp³-hybridized carbons (Fsp3) is 0.375. The first-order valence-corrected chi connectivity index (χ1v) is 6.72. The zero-order valence-electron chi connectivity index (χ0n) is 11.0. The van der Waals surface area contributed by atoms with Gasteiger partial charge in [-0.1, -0.05) is 25.0 Å². The fourth-order valence-electron chi connectivity index (χ4n) is 3.15. The zero-order valence-corrected chi connectivity index (χ0v) is 11.0. The summed E-state index contributed by atoms with van der Waals surface area (Å²) >= 11 is 0. The minimum absolute atomic E-state index is 0.681. The van der Waals surface area contributed by atoms with E-state index in [1.54, 1.807) is 0 Å². The van der Waals surface area contributed by atoms with Crippen LogP contribution in [0.25, 0.3) is 10.8 Å². The van der Waals surface area contributed by atoms with Gasteiger partial charge in [-0.3, -0.25) is 9.78 Å². The van der Waals surface area contributed by atoms with E-state index in [-0.39, 0.29) is 0 Å². The molecule has 1 N–H and O–H groups in total. The molecular weight excluding hydrogens is 238 g/mol. The molecule has 1 saturated carbocycles. The summed E-state index contributed by atoms with van der Waals surface area (Å²) in [6.45, 7) is 1.96. The number of aromatic nitrogens is 1. The van der Waals surface area contributed by atoms with Crippen molar-refractivity contribution in [1.82, 2.24) is 4.98 Å². The number of carboxylic acid groups (broad SMARTS) is 1. The molecule has 1 aliphatic rings. The summed E-state index contributed by atoms with van der Waals surface area (Å²) in [5.41, 5.74) is 1.23. The van der Waals surface area contributed by atoms with Crippen molar-refractivity contribution in [2.24, 2.45) is 0 Å². The Hall–Kier alpha value is -1.90. The first-order valence-electron chi connectivity index (χ1n) is 6.72. The lowest BCUT2D eigenvalue weighted by Crippen LogP contribution is -2.32. The van der Waals surface area contributed by atoms with Gasteiger partial charge < -0.3 is 5.11 Å². The zero-order chi connectivity index (χ0) is 13.5. The van der Waals surface area contributed by atoms with Gasteiger partial charge in [-0.15, -0.1) is 0 Å². The summed E-state index contributed by atoms with van der Waals surface area (Å²) in [7, 11) is 0. The molecule has 98 valence electrons. The molecule has 0 unspecified atom stereocenters. The van der Waals surface area contributed by atoms with Crippen LogP contribution in [0.3, 0.4) is 0 Å². The summed E-state index contributed by atoms with van der Waals surface area (Å²) in [4.78, 5) is 16.0. The van der Waals surface area contributed by atoms with E-state index in [1.807, 2.05) is 37.4 Å². The molecule has 3 rings (SSSR count). The number of fused-ring (bicyclic) bond motifs is 1. The van der Waals surface area contributed by atoms with Crippen molar-refractivity contribution in [1.29, 1.82) is 0 Å². The van der Waals surface area contributed by atoms with Crippen LogP contribution >= 0.6 is 0 Å². The summed E-state index contributed by atoms with van der Waals surface area (Å²) in [5, 5.41) is 11.8. The van der Waals surface area contributed by atoms with Crippen LogP contribution in [0.4, 0.5) is 0 Å². The topological polar surface area (TPSA) is 50.2 Å². The van der Waals surface area contributed by atoms with Gasteiger partial charge in [-0.05, 0) is 42.8 Å². The predicted molar refractivity (Wildman–Crippen MR) is 74.3 cm³/mol. The standard InChI is InChI=1S/C16H17NO2/c1-11-8-12-4-5-14(9-13(12)10-17-11)16(15(18)19)6-2-3-7-16/h4-5,8-10H,2-3,6-7H2,1H3,(H,18,19). The fourth-order valence-corrected chi connectivity index (χ4v) is 3.15. The van der Waals surface area contributed by atoms with Gasteiger partial charge in [0.25, 0.3) is 0 Å². The monoisotopic (exact) mass is 255 g/mol. The number of nitrogens with zero attached hydrogens (tertiary/aromatic N) is 1. The van der Waals surface area contributed by atoms with Crippen LogP contribution in [-0.4, -0.2) is 16.1 Å². The highest BCUT2D eigenvalue weighted by atomic mass is 16.4. The van der Waals surface area contributed by atoms with Crippen molar-refractivity contribution in [2.75, 3.05) is 0 Å². The normalized spacial score (nSPS) is 17.7. The maximum atomic E-state index is 11.7. The molecule has 0 aliphatic heterocycles. The summed E-state index contributed by atoms with van der Waals surface area (Å²) < 4.78 is 0. The van der Waals surface area contributed by atoms with E-state index in [4.69, 9.17) is 0 Å². The third-order valence-electron chi connectivity index (χ3n) is 4.28. The summed E-state index contributed by atoms with van der Waals surface area (Å²) in [6.07, 6.45) is 5.31. The minimum atomic E-state index is -0.690. The number of hydrogen-bond donors (Lipinski definition) is 1. The molecule has 3 heteroatoms. The van der Waals surface area contributed by atoms with Crippen molar-refractivity contribution in [3.63, 3.8) is 0 Å². The molecule has 1 aromatic heterocycles. The van der Waals surface area contributed by atoms with Crippen molar-refractivity contribution in [2.45, 2.75) is 38.0 Å².